The van der Waals surface area contributed by atoms with E-state index >= 15 is 0 Å². The van der Waals surface area contributed by atoms with E-state index in [2.05, 4.69) is 88.9 Å². The molecule has 0 N–H and O–H groups in total. The summed E-state index contributed by atoms with van der Waals surface area (Å²) in [6.45, 7) is 17.8. The average molecular weight is 511 g/mol. The summed E-state index contributed by atoms with van der Waals surface area (Å²) in [5.74, 6) is 0.0391. The minimum absolute atomic E-state index is 0.0391. The predicted molar refractivity (Wildman–Crippen MR) is 161 cm³/mol. The molecule has 0 saturated heterocycles. The number of aryl methyl sites for hydroxylation is 1. The molecule has 0 spiro atoms. The van der Waals surface area contributed by atoms with Gasteiger partial charge in [0.25, 0.3) is 5.91 Å². The van der Waals surface area contributed by atoms with Crippen molar-refractivity contribution in [3.05, 3.63) is 101 Å². The minimum atomic E-state index is 0.0391. The van der Waals surface area contributed by atoms with Crippen LogP contribution in [0.4, 0.5) is 5.69 Å². The molecule has 3 aromatic carbocycles. The summed E-state index contributed by atoms with van der Waals surface area (Å²) >= 11 is 0. The van der Waals surface area contributed by atoms with Crippen LogP contribution >= 0.6 is 0 Å². The van der Waals surface area contributed by atoms with Crippen molar-refractivity contribution >= 4 is 11.6 Å². The van der Waals surface area contributed by atoms with Gasteiger partial charge in [0.15, 0.2) is 0 Å². The maximum absolute atomic E-state index is 13.8. The van der Waals surface area contributed by atoms with Crippen molar-refractivity contribution in [3.63, 3.8) is 0 Å². The van der Waals surface area contributed by atoms with E-state index in [1.807, 2.05) is 35.2 Å². The van der Waals surface area contributed by atoms with E-state index in [4.69, 9.17) is 0 Å². The molecule has 202 valence electrons. The summed E-state index contributed by atoms with van der Waals surface area (Å²) < 4.78 is 0. The van der Waals surface area contributed by atoms with Gasteiger partial charge >= 0.3 is 0 Å². The van der Waals surface area contributed by atoms with Crippen LogP contribution in [0.25, 0.3) is 0 Å². The van der Waals surface area contributed by atoms with Crippen LogP contribution in [-0.2, 0) is 23.8 Å². The quantitative estimate of drug-likeness (QED) is 0.275. The van der Waals surface area contributed by atoms with Crippen LogP contribution in [-0.4, -0.2) is 30.4 Å². The summed E-state index contributed by atoms with van der Waals surface area (Å²) in [5.41, 5.74) is 7.38. The Morgan fingerprint density at radius 1 is 0.763 bits per heavy atom. The van der Waals surface area contributed by atoms with Gasteiger partial charge in [0.1, 0.15) is 0 Å². The molecule has 3 nitrogen and oxygen atoms in total. The lowest BCUT2D eigenvalue weighted by atomic mass is 9.63. The van der Waals surface area contributed by atoms with E-state index in [0.717, 1.165) is 43.7 Å². The molecule has 0 heterocycles. The normalized spacial score (nSPS) is 15.8. The van der Waals surface area contributed by atoms with Gasteiger partial charge in [-0.2, -0.15) is 0 Å². The number of nitrogens with zero attached hydrogens (tertiary/aromatic N) is 2. The number of hydrogen-bond acceptors (Lipinski definition) is 2. The first-order chi connectivity index (χ1) is 18.1. The number of carbonyl (C=O) groups is 1. The van der Waals surface area contributed by atoms with Crippen LogP contribution in [0.1, 0.15) is 93.4 Å². The molecule has 0 atom stereocenters. The van der Waals surface area contributed by atoms with Crippen molar-refractivity contribution in [2.75, 3.05) is 24.5 Å². The number of rotatable bonds is 10. The second-order valence-electron chi connectivity index (χ2n) is 12.2. The molecule has 1 aliphatic carbocycles. The van der Waals surface area contributed by atoms with Gasteiger partial charge in [-0.15, -0.1) is 0 Å². The third-order valence-electron chi connectivity index (χ3n) is 8.61. The fourth-order valence-corrected chi connectivity index (χ4v) is 5.82. The Morgan fingerprint density at radius 3 is 2.00 bits per heavy atom. The SMILES string of the molecule is CCN(CC)CCCc1ccc(N(Cc2ccc3c(c2)C(C)(C)CCC3(C)C)C(=O)c2ccccc2)cc1. The number of carbonyl (C=O) groups excluding carboxylic acids is 1. The molecule has 4 rings (SSSR count). The van der Waals surface area contributed by atoms with Crippen molar-refractivity contribution in [2.45, 2.75) is 84.6 Å². The lowest BCUT2D eigenvalue weighted by molar-refractivity contribution is 0.0985. The highest BCUT2D eigenvalue weighted by Gasteiger charge is 2.37. The van der Waals surface area contributed by atoms with Gasteiger partial charge in [-0.05, 0) is 103 Å². The van der Waals surface area contributed by atoms with Crippen LogP contribution < -0.4 is 4.90 Å². The van der Waals surface area contributed by atoms with Gasteiger partial charge < -0.3 is 9.80 Å². The van der Waals surface area contributed by atoms with E-state index in [1.165, 1.54) is 35.1 Å². The summed E-state index contributed by atoms with van der Waals surface area (Å²) in [6.07, 6.45) is 4.58. The van der Waals surface area contributed by atoms with Crippen molar-refractivity contribution in [1.82, 2.24) is 4.90 Å². The molecule has 0 saturated carbocycles. The summed E-state index contributed by atoms with van der Waals surface area (Å²) in [6, 6.07) is 25.2. The van der Waals surface area contributed by atoms with E-state index < -0.39 is 0 Å². The Morgan fingerprint density at radius 2 is 1.37 bits per heavy atom. The molecule has 3 heteroatoms. The van der Waals surface area contributed by atoms with E-state index in [0.29, 0.717) is 6.54 Å². The topological polar surface area (TPSA) is 23.6 Å². The first kappa shape index (κ1) is 28.1. The number of hydrogen-bond donors (Lipinski definition) is 0. The number of benzene rings is 3. The molecule has 0 aromatic heterocycles. The highest BCUT2D eigenvalue weighted by molar-refractivity contribution is 6.06. The van der Waals surface area contributed by atoms with Gasteiger partial charge in [-0.3, -0.25) is 4.79 Å². The average Bonchev–Trinajstić information content (AvgIpc) is 2.93. The number of fused-ring (bicyclic) bond motifs is 1. The largest absolute Gasteiger partial charge is 0.304 e. The first-order valence-corrected chi connectivity index (χ1v) is 14.5. The molecule has 38 heavy (non-hydrogen) atoms. The predicted octanol–water partition coefficient (Wildman–Crippen LogP) is 8.16. The van der Waals surface area contributed by atoms with Gasteiger partial charge in [-0.25, -0.2) is 0 Å². The summed E-state index contributed by atoms with van der Waals surface area (Å²) in [7, 11) is 0. The first-order valence-electron chi connectivity index (χ1n) is 14.5. The smallest absolute Gasteiger partial charge is 0.258 e. The maximum atomic E-state index is 13.8. The zero-order valence-corrected chi connectivity index (χ0v) is 24.4. The van der Waals surface area contributed by atoms with Gasteiger partial charge in [0, 0.05) is 11.3 Å². The third kappa shape index (κ3) is 6.38. The van der Waals surface area contributed by atoms with E-state index in [9.17, 15) is 4.79 Å². The fraction of sp³-hybridized carbons (Fsp3) is 0.457. The Bertz CT molecular complexity index is 1210. The third-order valence-corrected chi connectivity index (χ3v) is 8.61. The van der Waals surface area contributed by atoms with Gasteiger partial charge in [0.2, 0.25) is 0 Å². The van der Waals surface area contributed by atoms with Crippen LogP contribution in [0.5, 0.6) is 0 Å². The van der Waals surface area contributed by atoms with Crippen molar-refractivity contribution < 1.29 is 4.79 Å². The van der Waals surface area contributed by atoms with Crippen LogP contribution in [0.15, 0.2) is 72.8 Å². The molecular formula is C35H46N2O. The molecular weight excluding hydrogens is 464 g/mol. The zero-order valence-electron chi connectivity index (χ0n) is 24.4. The number of anilines is 1. The van der Waals surface area contributed by atoms with Crippen LogP contribution in [0.3, 0.4) is 0 Å². The van der Waals surface area contributed by atoms with Crippen molar-refractivity contribution in [3.8, 4) is 0 Å². The molecule has 0 unspecified atom stereocenters. The Balaban J connectivity index is 1.60. The van der Waals surface area contributed by atoms with E-state index in [-0.39, 0.29) is 16.7 Å². The highest BCUT2D eigenvalue weighted by atomic mass is 16.2. The Hall–Kier alpha value is -2.91. The van der Waals surface area contributed by atoms with E-state index in [1.54, 1.807) is 0 Å². The molecule has 0 bridgehead atoms. The Kier molecular flexibility index (Phi) is 8.78. The lowest BCUT2D eigenvalue weighted by Crippen LogP contribution is -2.34. The highest BCUT2D eigenvalue weighted by Crippen LogP contribution is 2.46. The monoisotopic (exact) mass is 510 g/mol. The van der Waals surface area contributed by atoms with Gasteiger partial charge in [-0.1, -0.05) is 90.1 Å². The maximum Gasteiger partial charge on any atom is 0.258 e. The summed E-state index contributed by atoms with van der Waals surface area (Å²) in [5, 5.41) is 0. The van der Waals surface area contributed by atoms with Gasteiger partial charge in [0.05, 0.1) is 6.54 Å². The second kappa shape index (κ2) is 11.9. The minimum Gasteiger partial charge on any atom is -0.304 e. The van der Waals surface area contributed by atoms with Crippen molar-refractivity contribution in [1.29, 1.82) is 0 Å². The summed E-state index contributed by atoms with van der Waals surface area (Å²) in [4.78, 5) is 18.2. The van der Waals surface area contributed by atoms with Crippen molar-refractivity contribution in [2.24, 2.45) is 0 Å². The Labute approximate surface area is 230 Å². The standard InChI is InChI=1S/C35H46N2O/c1-7-36(8-2)24-12-13-27-16-19-30(20-17-27)37(33(38)29-14-10-9-11-15-29)26-28-18-21-31-32(25-28)35(5,6)23-22-34(31,3)4/h9-11,14-21,25H,7-8,12-13,22-24,26H2,1-6H3. The van der Waals surface area contributed by atoms with Crippen LogP contribution in [0.2, 0.25) is 0 Å². The zero-order chi connectivity index (χ0) is 27.3. The molecule has 3 aromatic rings. The fourth-order valence-electron chi connectivity index (χ4n) is 5.82. The van der Waals surface area contributed by atoms with Crippen LogP contribution in [0, 0.1) is 0 Å². The number of amides is 1. The molecule has 1 aliphatic rings. The molecule has 0 aliphatic heterocycles. The molecule has 0 radical (unpaired) electrons. The second-order valence-corrected chi connectivity index (χ2v) is 12.2. The molecule has 0 fully saturated rings. The lowest BCUT2D eigenvalue weighted by Gasteiger charge is -2.42. The molecule has 1 amide bonds.